The van der Waals surface area contributed by atoms with Gasteiger partial charge in [-0.15, -0.1) is 0 Å². The fourth-order valence-corrected chi connectivity index (χ4v) is 5.48. The summed E-state index contributed by atoms with van der Waals surface area (Å²) in [5.74, 6) is -1.47. The highest BCUT2D eigenvalue weighted by Crippen LogP contribution is 2.31. The van der Waals surface area contributed by atoms with E-state index in [2.05, 4.69) is 10.3 Å². The van der Waals surface area contributed by atoms with Crippen molar-refractivity contribution >= 4 is 50.7 Å². The SMILES string of the molecule is CC(=O)Nc1ccc(S(=O)(=O)N(Cc2cccnc2)C2CC(=O)N(c3ccc(Cl)cc3)C2=O)cc1. The standard InChI is InChI=1S/C24H21ClN4O5S/c1-16(30)27-19-6-10-21(11-7-19)35(33,34)28(15-17-3-2-12-26-14-17)22-13-23(31)29(24(22)32)20-8-4-18(25)5-9-20/h2-12,14,22H,13,15H2,1H3,(H,27,30). The van der Waals surface area contributed by atoms with Crippen molar-refractivity contribution in [2.45, 2.75) is 30.8 Å². The Morgan fingerprint density at radius 2 is 1.80 bits per heavy atom. The molecule has 1 aromatic heterocycles. The van der Waals surface area contributed by atoms with E-state index in [0.717, 1.165) is 9.21 Å². The molecule has 0 saturated carbocycles. The van der Waals surface area contributed by atoms with Crippen molar-refractivity contribution in [3.8, 4) is 0 Å². The van der Waals surface area contributed by atoms with Gasteiger partial charge in [-0.3, -0.25) is 19.4 Å². The van der Waals surface area contributed by atoms with Crippen LogP contribution in [0.15, 0.2) is 78.0 Å². The summed E-state index contributed by atoms with van der Waals surface area (Å²) in [5.41, 5.74) is 1.29. The lowest BCUT2D eigenvalue weighted by atomic mass is 10.2. The molecule has 3 aromatic rings. The average Bonchev–Trinajstić information content (AvgIpc) is 3.12. The molecule has 1 atom stereocenters. The van der Waals surface area contributed by atoms with Gasteiger partial charge in [0.1, 0.15) is 6.04 Å². The Kier molecular flexibility index (Phi) is 6.97. The normalized spacial score (nSPS) is 16.1. The minimum atomic E-state index is -4.22. The summed E-state index contributed by atoms with van der Waals surface area (Å²) in [5, 5.41) is 3.02. The van der Waals surface area contributed by atoms with E-state index in [1.807, 2.05) is 0 Å². The monoisotopic (exact) mass is 512 g/mol. The number of benzene rings is 2. The van der Waals surface area contributed by atoms with Crippen molar-refractivity contribution in [1.82, 2.24) is 9.29 Å². The number of hydrogen-bond acceptors (Lipinski definition) is 6. The molecule has 1 aliphatic heterocycles. The maximum absolute atomic E-state index is 13.7. The number of rotatable bonds is 7. The summed E-state index contributed by atoms with van der Waals surface area (Å²) in [4.78, 5) is 42.4. The molecule has 2 aromatic carbocycles. The molecule has 1 saturated heterocycles. The number of halogens is 1. The predicted octanol–water partition coefficient (Wildman–Crippen LogP) is 3.22. The van der Waals surface area contributed by atoms with Gasteiger partial charge in [0.2, 0.25) is 21.8 Å². The van der Waals surface area contributed by atoms with E-state index in [1.54, 1.807) is 30.5 Å². The molecule has 9 nitrogen and oxygen atoms in total. The van der Waals surface area contributed by atoms with Gasteiger partial charge < -0.3 is 5.32 Å². The summed E-state index contributed by atoms with van der Waals surface area (Å²) in [6, 6.07) is 13.8. The number of aromatic nitrogens is 1. The molecule has 0 spiro atoms. The average molecular weight is 513 g/mol. The van der Waals surface area contributed by atoms with Gasteiger partial charge >= 0.3 is 0 Å². The van der Waals surface area contributed by atoms with Gasteiger partial charge in [0.25, 0.3) is 5.91 Å². The molecule has 0 radical (unpaired) electrons. The third-order valence-electron chi connectivity index (χ3n) is 5.40. The number of imide groups is 1. The molecule has 1 aliphatic rings. The van der Waals surface area contributed by atoms with Crippen molar-refractivity contribution in [1.29, 1.82) is 0 Å². The highest BCUT2D eigenvalue weighted by molar-refractivity contribution is 7.89. The summed E-state index contributed by atoms with van der Waals surface area (Å²) >= 11 is 5.92. The number of carbonyl (C=O) groups is 3. The summed E-state index contributed by atoms with van der Waals surface area (Å²) in [6.45, 7) is 1.18. The number of sulfonamides is 1. The van der Waals surface area contributed by atoms with E-state index in [0.29, 0.717) is 22.0 Å². The molecule has 1 unspecified atom stereocenters. The van der Waals surface area contributed by atoms with Gasteiger partial charge in [-0.05, 0) is 60.2 Å². The van der Waals surface area contributed by atoms with Crippen LogP contribution in [0.5, 0.6) is 0 Å². The summed E-state index contributed by atoms with van der Waals surface area (Å²) in [6.07, 6.45) is 2.74. The highest BCUT2D eigenvalue weighted by atomic mass is 35.5. The zero-order chi connectivity index (χ0) is 25.2. The van der Waals surface area contributed by atoms with E-state index >= 15 is 0 Å². The van der Waals surface area contributed by atoms with E-state index < -0.39 is 27.9 Å². The number of nitrogens with zero attached hydrogens (tertiary/aromatic N) is 3. The summed E-state index contributed by atoms with van der Waals surface area (Å²) < 4.78 is 28.5. The quantitative estimate of drug-likeness (QED) is 0.486. The van der Waals surface area contributed by atoms with Crippen LogP contribution < -0.4 is 10.2 Å². The number of pyridine rings is 1. The maximum atomic E-state index is 13.7. The van der Waals surface area contributed by atoms with E-state index in [-0.39, 0.29) is 23.8 Å². The van der Waals surface area contributed by atoms with Crippen LogP contribution in [-0.2, 0) is 31.0 Å². The molecule has 0 aliphatic carbocycles. The second kappa shape index (κ2) is 9.95. The Balaban J connectivity index is 1.71. The fourth-order valence-electron chi connectivity index (χ4n) is 3.79. The first-order chi connectivity index (χ1) is 16.7. The Morgan fingerprint density at radius 3 is 2.40 bits per heavy atom. The Hall–Kier alpha value is -3.60. The van der Waals surface area contributed by atoms with Crippen LogP contribution in [0, 0.1) is 0 Å². The maximum Gasteiger partial charge on any atom is 0.252 e. The van der Waals surface area contributed by atoms with Crippen LogP contribution in [0.4, 0.5) is 11.4 Å². The third-order valence-corrected chi connectivity index (χ3v) is 7.52. The zero-order valence-corrected chi connectivity index (χ0v) is 20.2. The molecule has 4 rings (SSSR count). The Labute approximate surface area is 207 Å². The van der Waals surface area contributed by atoms with Crippen LogP contribution in [0.25, 0.3) is 0 Å². The number of amides is 3. The molecule has 11 heteroatoms. The number of hydrogen-bond donors (Lipinski definition) is 1. The van der Waals surface area contributed by atoms with E-state index in [9.17, 15) is 22.8 Å². The summed E-state index contributed by atoms with van der Waals surface area (Å²) in [7, 11) is -4.22. The molecular weight excluding hydrogens is 492 g/mol. The van der Waals surface area contributed by atoms with Crippen molar-refractivity contribution in [2.24, 2.45) is 0 Å². The molecule has 1 N–H and O–H groups in total. The van der Waals surface area contributed by atoms with Crippen molar-refractivity contribution in [3.63, 3.8) is 0 Å². The molecule has 0 bridgehead atoms. The van der Waals surface area contributed by atoms with E-state index in [1.165, 1.54) is 49.5 Å². The van der Waals surface area contributed by atoms with Gasteiger partial charge in [0, 0.05) is 36.6 Å². The number of carbonyl (C=O) groups excluding carboxylic acids is 3. The number of nitrogens with one attached hydrogen (secondary N) is 1. The van der Waals surface area contributed by atoms with Crippen molar-refractivity contribution in [2.75, 3.05) is 10.2 Å². The van der Waals surface area contributed by atoms with Gasteiger partial charge in [-0.2, -0.15) is 4.31 Å². The van der Waals surface area contributed by atoms with Crippen LogP contribution in [0.2, 0.25) is 5.02 Å². The van der Waals surface area contributed by atoms with Crippen LogP contribution in [-0.4, -0.2) is 41.5 Å². The van der Waals surface area contributed by atoms with Crippen LogP contribution in [0.3, 0.4) is 0 Å². The molecule has 1 fully saturated rings. The molecule has 180 valence electrons. The Bertz CT molecular complexity index is 1360. The first-order valence-electron chi connectivity index (χ1n) is 10.6. The lowest BCUT2D eigenvalue weighted by Gasteiger charge is -2.27. The van der Waals surface area contributed by atoms with Gasteiger partial charge in [-0.25, -0.2) is 13.3 Å². The highest BCUT2D eigenvalue weighted by Gasteiger charge is 2.47. The lowest BCUT2D eigenvalue weighted by Crippen LogP contribution is -2.45. The largest absolute Gasteiger partial charge is 0.326 e. The van der Waals surface area contributed by atoms with E-state index in [4.69, 9.17) is 11.6 Å². The second-order valence-corrected chi connectivity index (χ2v) is 10.2. The second-order valence-electron chi connectivity index (χ2n) is 7.88. The smallest absolute Gasteiger partial charge is 0.252 e. The minimum absolute atomic E-state index is 0.0827. The first kappa shape index (κ1) is 24.5. The predicted molar refractivity (Wildman–Crippen MR) is 130 cm³/mol. The number of anilines is 2. The zero-order valence-electron chi connectivity index (χ0n) is 18.6. The Morgan fingerprint density at radius 1 is 1.11 bits per heavy atom. The first-order valence-corrected chi connectivity index (χ1v) is 12.4. The molecule has 3 amide bonds. The van der Waals surface area contributed by atoms with Gasteiger partial charge in [0.15, 0.2) is 0 Å². The molecular formula is C24H21ClN4O5S. The van der Waals surface area contributed by atoms with Crippen LogP contribution >= 0.6 is 11.6 Å². The fraction of sp³-hybridized carbons (Fsp3) is 0.167. The van der Waals surface area contributed by atoms with Crippen LogP contribution in [0.1, 0.15) is 18.9 Å². The molecule has 35 heavy (non-hydrogen) atoms. The minimum Gasteiger partial charge on any atom is -0.326 e. The lowest BCUT2D eigenvalue weighted by molar-refractivity contribution is -0.122. The van der Waals surface area contributed by atoms with Gasteiger partial charge in [-0.1, -0.05) is 17.7 Å². The van der Waals surface area contributed by atoms with Crippen molar-refractivity contribution in [3.05, 3.63) is 83.6 Å². The molecule has 2 heterocycles. The van der Waals surface area contributed by atoms with Gasteiger partial charge in [0.05, 0.1) is 17.0 Å². The topological polar surface area (TPSA) is 117 Å². The van der Waals surface area contributed by atoms with Crippen molar-refractivity contribution < 1.29 is 22.8 Å². The third kappa shape index (κ3) is 5.24.